The van der Waals surface area contributed by atoms with E-state index >= 15 is 0 Å². The maximum atomic E-state index is 12.8. The first-order chi connectivity index (χ1) is 14.1. The predicted molar refractivity (Wildman–Crippen MR) is 112 cm³/mol. The number of nitrogens with zero attached hydrogens (tertiary/aromatic N) is 1. The lowest BCUT2D eigenvalue weighted by molar-refractivity contribution is -0.122. The van der Waals surface area contributed by atoms with Crippen molar-refractivity contribution < 1.29 is 19.1 Å². The van der Waals surface area contributed by atoms with Crippen molar-refractivity contribution in [2.45, 2.75) is 25.3 Å². The third kappa shape index (κ3) is 5.87. The average Bonchev–Trinajstić information content (AvgIpc) is 2.74. The number of ether oxygens (including phenoxy) is 2. The Bertz CT molecular complexity index is 836. The summed E-state index contributed by atoms with van der Waals surface area (Å²) in [6.07, 6.45) is 1.72. The second-order valence-electron chi connectivity index (χ2n) is 6.89. The molecule has 0 unspecified atom stereocenters. The number of hydrogen-bond acceptors (Lipinski definition) is 4. The summed E-state index contributed by atoms with van der Waals surface area (Å²) in [4.78, 5) is 26.7. The summed E-state index contributed by atoms with van der Waals surface area (Å²) in [5, 5.41) is 3.53. The van der Waals surface area contributed by atoms with E-state index < -0.39 is 0 Å². The minimum atomic E-state index is -0.106. The van der Waals surface area contributed by atoms with Crippen LogP contribution in [0, 0.1) is 0 Å². The van der Waals surface area contributed by atoms with Crippen LogP contribution in [0.2, 0.25) is 5.02 Å². The van der Waals surface area contributed by atoms with Gasteiger partial charge in [0, 0.05) is 24.2 Å². The second kappa shape index (κ2) is 10.2. The quantitative estimate of drug-likeness (QED) is 0.749. The number of amides is 2. The van der Waals surface area contributed by atoms with Crippen LogP contribution in [0.3, 0.4) is 0 Å². The molecule has 0 saturated carbocycles. The van der Waals surface area contributed by atoms with Gasteiger partial charge in [-0.05, 0) is 43.2 Å². The summed E-state index contributed by atoms with van der Waals surface area (Å²) >= 11 is 6.03. The van der Waals surface area contributed by atoms with Crippen LogP contribution >= 0.6 is 11.6 Å². The molecular formula is C22H25ClN2O4. The normalized spacial score (nSPS) is 14.3. The van der Waals surface area contributed by atoms with E-state index in [1.807, 2.05) is 30.3 Å². The standard InChI is InChI=1S/C22H25ClN2O4/c1-28-20-8-7-16(23)15-19(20)22(27)25-12-9-17(10-13-25)24-21(26)11-14-29-18-5-3-2-4-6-18/h2-8,15,17H,9-14H2,1H3,(H,24,26). The number of halogens is 1. The Hall–Kier alpha value is -2.73. The molecule has 2 amide bonds. The lowest BCUT2D eigenvalue weighted by Gasteiger charge is -2.32. The van der Waals surface area contributed by atoms with Gasteiger partial charge in [-0.15, -0.1) is 0 Å². The van der Waals surface area contributed by atoms with Crippen molar-refractivity contribution in [1.29, 1.82) is 0 Å². The first-order valence-corrected chi connectivity index (χ1v) is 10.0. The van der Waals surface area contributed by atoms with Crippen LogP contribution in [0.1, 0.15) is 29.6 Å². The van der Waals surface area contributed by atoms with E-state index in [9.17, 15) is 9.59 Å². The van der Waals surface area contributed by atoms with Crippen LogP contribution in [0.4, 0.5) is 0 Å². The van der Waals surface area contributed by atoms with Crippen molar-refractivity contribution in [1.82, 2.24) is 10.2 Å². The first kappa shape index (κ1) is 21.0. The number of para-hydroxylation sites is 1. The summed E-state index contributed by atoms with van der Waals surface area (Å²) in [5.74, 6) is 1.12. The molecule has 0 aromatic heterocycles. The van der Waals surface area contributed by atoms with Gasteiger partial charge in [-0.1, -0.05) is 29.8 Å². The van der Waals surface area contributed by atoms with Crippen molar-refractivity contribution in [3.05, 3.63) is 59.1 Å². The average molecular weight is 417 g/mol. The van der Waals surface area contributed by atoms with Crippen molar-refractivity contribution in [2.24, 2.45) is 0 Å². The molecule has 1 saturated heterocycles. The fraction of sp³-hybridized carbons (Fsp3) is 0.364. The van der Waals surface area contributed by atoms with Crippen molar-refractivity contribution in [2.75, 3.05) is 26.8 Å². The minimum Gasteiger partial charge on any atom is -0.496 e. The van der Waals surface area contributed by atoms with Crippen LogP contribution in [-0.4, -0.2) is 49.6 Å². The SMILES string of the molecule is COc1ccc(Cl)cc1C(=O)N1CCC(NC(=O)CCOc2ccccc2)CC1. The van der Waals surface area contributed by atoms with Crippen LogP contribution in [0.15, 0.2) is 48.5 Å². The predicted octanol–water partition coefficient (Wildman–Crippen LogP) is 3.54. The number of carbonyl (C=O) groups is 2. The number of nitrogens with one attached hydrogen (secondary N) is 1. The topological polar surface area (TPSA) is 67.9 Å². The number of carbonyl (C=O) groups excluding carboxylic acids is 2. The fourth-order valence-electron chi connectivity index (χ4n) is 3.32. The summed E-state index contributed by atoms with van der Waals surface area (Å²) in [5.41, 5.74) is 0.459. The number of piperidine rings is 1. The highest BCUT2D eigenvalue weighted by Gasteiger charge is 2.26. The Morgan fingerprint density at radius 3 is 2.55 bits per heavy atom. The lowest BCUT2D eigenvalue weighted by Crippen LogP contribution is -2.46. The fourth-order valence-corrected chi connectivity index (χ4v) is 3.49. The Kier molecular flexibility index (Phi) is 7.36. The highest BCUT2D eigenvalue weighted by atomic mass is 35.5. The van der Waals surface area contributed by atoms with E-state index in [0.717, 1.165) is 5.75 Å². The van der Waals surface area contributed by atoms with E-state index in [1.54, 1.807) is 23.1 Å². The zero-order valence-corrected chi connectivity index (χ0v) is 17.2. The van der Waals surface area contributed by atoms with E-state index in [4.69, 9.17) is 21.1 Å². The molecule has 0 radical (unpaired) electrons. The van der Waals surface area contributed by atoms with Gasteiger partial charge in [-0.25, -0.2) is 0 Å². The van der Waals surface area contributed by atoms with Gasteiger partial charge in [0.05, 0.1) is 25.7 Å². The molecule has 154 valence electrons. The highest BCUT2D eigenvalue weighted by molar-refractivity contribution is 6.31. The molecule has 1 aliphatic rings. The zero-order valence-electron chi connectivity index (χ0n) is 16.4. The van der Waals surface area contributed by atoms with Gasteiger partial charge in [0.15, 0.2) is 0 Å². The Labute approximate surface area is 175 Å². The molecule has 29 heavy (non-hydrogen) atoms. The van der Waals surface area contributed by atoms with E-state index in [1.165, 1.54) is 7.11 Å². The van der Waals surface area contributed by atoms with Gasteiger partial charge in [-0.3, -0.25) is 9.59 Å². The second-order valence-corrected chi connectivity index (χ2v) is 7.33. The van der Waals surface area contributed by atoms with Gasteiger partial charge in [0.2, 0.25) is 5.91 Å². The van der Waals surface area contributed by atoms with Crippen LogP contribution in [0.5, 0.6) is 11.5 Å². The largest absolute Gasteiger partial charge is 0.496 e. The Morgan fingerprint density at radius 2 is 1.86 bits per heavy atom. The third-order valence-corrected chi connectivity index (χ3v) is 5.12. The number of benzene rings is 2. The van der Waals surface area contributed by atoms with E-state index in [2.05, 4.69) is 5.32 Å². The molecule has 1 fully saturated rings. The van der Waals surface area contributed by atoms with Crippen LogP contribution in [0.25, 0.3) is 0 Å². The molecule has 0 aliphatic carbocycles. The lowest BCUT2D eigenvalue weighted by atomic mass is 10.0. The Morgan fingerprint density at radius 1 is 1.14 bits per heavy atom. The molecule has 3 rings (SSSR count). The third-order valence-electron chi connectivity index (χ3n) is 4.88. The molecule has 0 atom stereocenters. The summed E-state index contributed by atoms with van der Waals surface area (Å²) in [6.45, 7) is 1.47. The number of likely N-dealkylation sites (tertiary alicyclic amines) is 1. The molecule has 1 N–H and O–H groups in total. The molecule has 7 heteroatoms. The van der Waals surface area contributed by atoms with Gasteiger partial charge in [0.1, 0.15) is 11.5 Å². The van der Waals surface area contributed by atoms with Gasteiger partial charge in [0.25, 0.3) is 5.91 Å². The molecule has 1 heterocycles. The van der Waals surface area contributed by atoms with Crippen molar-refractivity contribution >= 4 is 23.4 Å². The van der Waals surface area contributed by atoms with Gasteiger partial charge in [-0.2, -0.15) is 0 Å². The molecule has 6 nitrogen and oxygen atoms in total. The number of methoxy groups -OCH3 is 1. The summed E-state index contributed by atoms with van der Waals surface area (Å²) in [6, 6.07) is 14.5. The molecule has 2 aromatic carbocycles. The van der Waals surface area contributed by atoms with Crippen LogP contribution < -0.4 is 14.8 Å². The van der Waals surface area contributed by atoms with E-state index in [0.29, 0.717) is 55.3 Å². The maximum Gasteiger partial charge on any atom is 0.257 e. The van der Waals surface area contributed by atoms with Crippen molar-refractivity contribution in [3.8, 4) is 11.5 Å². The monoisotopic (exact) mass is 416 g/mol. The minimum absolute atomic E-state index is 0.0396. The van der Waals surface area contributed by atoms with Gasteiger partial charge >= 0.3 is 0 Å². The van der Waals surface area contributed by atoms with Crippen molar-refractivity contribution in [3.63, 3.8) is 0 Å². The number of rotatable bonds is 7. The summed E-state index contributed by atoms with van der Waals surface area (Å²) < 4.78 is 10.8. The molecule has 2 aromatic rings. The molecular weight excluding hydrogens is 392 g/mol. The zero-order chi connectivity index (χ0) is 20.6. The van der Waals surface area contributed by atoms with E-state index in [-0.39, 0.29) is 17.9 Å². The Balaban J connectivity index is 1.43. The maximum absolute atomic E-state index is 12.8. The smallest absolute Gasteiger partial charge is 0.257 e. The van der Waals surface area contributed by atoms with Crippen LogP contribution in [-0.2, 0) is 4.79 Å². The molecule has 0 spiro atoms. The highest BCUT2D eigenvalue weighted by Crippen LogP contribution is 2.25. The molecule has 0 bridgehead atoms. The number of hydrogen-bond donors (Lipinski definition) is 1. The summed E-state index contributed by atoms with van der Waals surface area (Å²) in [7, 11) is 1.53. The molecule has 1 aliphatic heterocycles. The van der Waals surface area contributed by atoms with Gasteiger partial charge < -0.3 is 19.7 Å². The first-order valence-electron chi connectivity index (χ1n) is 9.67.